The van der Waals surface area contributed by atoms with Crippen molar-refractivity contribution >= 4 is 22.8 Å². The van der Waals surface area contributed by atoms with Crippen molar-refractivity contribution in [3.63, 3.8) is 0 Å². The fraction of sp³-hybridized carbons (Fsp3) is 0.308. The summed E-state index contributed by atoms with van der Waals surface area (Å²) in [5.41, 5.74) is 1.70. The van der Waals surface area contributed by atoms with E-state index in [1.807, 2.05) is 24.3 Å². The summed E-state index contributed by atoms with van der Waals surface area (Å²) in [6.07, 6.45) is 0. The van der Waals surface area contributed by atoms with E-state index in [0.29, 0.717) is 5.82 Å². The Morgan fingerprint density at radius 2 is 1.95 bits per heavy atom. The third-order valence-corrected chi connectivity index (χ3v) is 3.18. The maximum Gasteiger partial charge on any atom is 0.255 e. The molecule has 1 aliphatic heterocycles. The Hall–Kier alpha value is -2.21. The van der Waals surface area contributed by atoms with Crippen LogP contribution in [0.15, 0.2) is 24.3 Å². The van der Waals surface area contributed by atoms with Crippen molar-refractivity contribution in [2.24, 2.45) is 0 Å². The minimum absolute atomic E-state index is 0.0592. The van der Waals surface area contributed by atoms with Crippen LogP contribution in [0.1, 0.15) is 18.8 Å². The molecule has 1 atom stereocenters. The van der Waals surface area contributed by atoms with E-state index in [1.165, 1.54) is 4.90 Å². The van der Waals surface area contributed by atoms with Crippen LogP contribution in [-0.2, 0) is 14.3 Å². The zero-order valence-corrected chi connectivity index (χ0v) is 10.4. The molecule has 1 aliphatic rings. The molecule has 2 aromatic rings. The van der Waals surface area contributed by atoms with E-state index in [-0.39, 0.29) is 25.0 Å². The largest absolute Gasteiger partial charge is 0.362 e. The Kier molecular flexibility index (Phi) is 2.79. The SMILES string of the molecule is CC(c1nc2ccccc2[nH]1)N1C(=O)COCC1=O. The van der Waals surface area contributed by atoms with Gasteiger partial charge in [-0.3, -0.25) is 14.5 Å². The summed E-state index contributed by atoms with van der Waals surface area (Å²) in [5.74, 6) is -0.0572. The predicted octanol–water partition coefficient (Wildman–Crippen LogP) is 1.01. The number of carbonyl (C=O) groups is 2. The molecule has 1 aromatic heterocycles. The van der Waals surface area contributed by atoms with E-state index < -0.39 is 6.04 Å². The van der Waals surface area contributed by atoms with Gasteiger partial charge in [-0.05, 0) is 19.1 Å². The smallest absolute Gasteiger partial charge is 0.255 e. The summed E-state index contributed by atoms with van der Waals surface area (Å²) < 4.78 is 4.90. The minimum Gasteiger partial charge on any atom is -0.362 e. The Morgan fingerprint density at radius 3 is 2.63 bits per heavy atom. The molecule has 0 radical (unpaired) electrons. The van der Waals surface area contributed by atoms with Gasteiger partial charge in [-0.2, -0.15) is 0 Å². The Morgan fingerprint density at radius 1 is 1.26 bits per heavy atom. The van der Waals surface area contributed by atoms with Crippen molar-refractivity contribution < 1.29 is 14.3 Å². The molecule has 98 valence electrons. The highest BCUT2D eigenvalue weighted by atomic mass is 16.5. The van der Waals surface area contributed by atoms with Gasteiger partial charge in [0, 0.05) is 0 Å². The second kappa shape index (κ2) is 4.47. The number of hydrogen-bond acceptors (Lipinski definition) is 4. The van der Waals surface area contributed by atoms with Crippen molar-refractivity contribution in [1.29, 1.82) is 0 Å². The quantitative estimate of drug-likeness (QED) is 0.817. The van der Waals surface area contributed by atoms with Crippen molar-refractivity contribution in [2.45, 2.75) is 13.0 Å². The van der Waals surface area contributed by atoms with Gasteiger partial charge in [0.2, 0.25) is 0 Å². The number of nitrogens with zero attached hydrogens (tertiary/aromatic N) is 2. The number of para-hydroxylation sites is 2. The average Bonchev–Trinajstić information content (AvgIpc) is 2.82. The molecular weight excluding hydrogens is 246 g/mol. The van der Waals surface area contributed by atoms with Crippen molar-refractivity contribution in [3.8, 4) is 0 Å². The number of morpholine rings is 1. The fourth-order valence-electron chi connectivity index (χ4n) is 2.23. The Labute approximate surface area is 109 Å². The van der Waals surface area contributed by atoms with Crippen molar-refractivity contribution in [1.82, 2.24) is 14.9 Å². The van der Waals surface area contributed by atoms with Crippen LogP contribution in [0.2, 0.25) is 0 Å². The van der Waals surface area contributed by atoms with E-state index in [9.17, 15) is 9.59 Å². The van der Waals surface area contributed by atoms with Crippen molar-refractivity contribution in [2.75, 3.05) is 13.2 Å². The van der Waals surface area contributed by atoms with Crippen LogP contribution in [0.5, 0.6) is 0 Å². The highest BCUT2D eigenvalue weighted by Crippen LogP contribution is 2.22. The molecule has 6 heteroatoms. The Bertz CT molecular complexity index is 600. The number of ether oxygens (including phenoxy) is 1. The minimum atomic E-state index is -0.420. The summed E-state index contributed by atoms with van der Waals surface area (Å²) >= 11 is 0. The van der Waals surface area contributed by atoms with E-state index in [1.54, 1.807) is 6.92 Å². The second-order valence-electron chi connectivity index (χ2n) is 4.47. The number of imide groups is 1. The first-order valence-corrected chi connectivity index (χ1v) is 6.04. The third kappa shape index (κ3) is 2.00. The summed E-state index contributed by atoms with van der Waals surface area (Å²) in [4.78, 5) is 32.3. The number of nitrogens with one attached hydrogen (secondary N) is 1. The van der Waals surface area contributed by atoms with Gasteiger partial charge in [0.25, 0.3) is 11.8 Å². The molecule has 2 heterocycles. The molecule has 1 unspecified atom stereocenters. The highest BCUT2D eigenvalue weighted by molar-refractivity contribution is 5.98. The number of carbonyl (C=O) groups excluding carboxylic acids is 2. The van der Waals surface area contributed by atoms with Crippen LogP contribution < -0.4 is 0 Å². The van der Waals surface area contributed by atoms with Crippen LogP contribution in [0.3, 0.4) is 0 Å². The predicted molar refractivity (Wildman–Crippen MR) is 67.2 cm³/mol. The summed E-state index contributed by atoms with van der Waals surface area (Å²) in [6, 6.07) is 7.16. The molecule has 1 fully saturated rings. The van der Waals surface area contributed by atoms with Crippen LogP contribution in [0.25, 0.3) is 11.0 Å². The van der Waals surface area contributed by atoms with E-state index >= 15 is 0 Å². The van der Waals surface area contributed by atoms with Crippen LogP contribution in [0, 0.1) is 0 Å². The van der Waals surface area contributed by atoms with Gasteiger partial charge in [0.05, 0.1) is 17.1 Å². The van der Waals surface area contributed by atoms with Gasteiger partial charge >= 0.3 is 0 Å². The summed E-state index contributed by atoms with van der Waals surface area (Å²) in [5, 5.41) is 0. The van der Waals surface area contributed by atoms with Gasteiger partial charge in [-0.25, -0.2) is 4.98 Å². The lowest BCUT2D eigenvalue weighted by molar-refractivity contribution is -0.161. The number of aromatic nitrogens is 2. The molecular formula is C13H13N3O3. The first kappa shape index (κ1) is 11.9. The normalized spacial score (nSPS) is 18.1. The molecule has 0 spiro atoms. The number of benzene rings is 1. The Balaban J connectivity index is 1.96. The van der Waals surface area contributed by atoms with E-state index in [4.69, 9.17) is 4.74 Å². The van der Waals surface area contributed by atoms with Gasteiger partial charge in [0.15, 0.2) is 0 Å². The van der Waals surface area contributed by atoms with Gasteiger partial charge in [0.1, 0.15) is 19.0 Å². The number of fused-ring (bicyclic) bond motifs is 1. The lowest BCUT2D eigenvalue weighted by Crippen LogP contribution is -2.47. The average molecular weight is 259 g/mol. The molecule has 1 N–H and O–H groups in total. The number of aromatic amines is 1. The molecule has 2 amide bonds. The third-order valence-electron chi connectivity index (χ3n) is 3.18. The molecule has 1 aromatic carbocycles. The molecule has 19 heavy (non-hydrogen) atoms. The lowest BCUT2D eigenvalue weighted by Gasteiger charge is -2.29. The summed E-state index contributed by atoms with van der Waals surface area (Å²) in [7, 11) is 0. The van der Waals surface area contributed by atoms with Crippen molar-refractivity contribution in [3.05, 3.63) is 30.1 Å². The van der Waals surface area contributed by atoms with Crippen LogP contribution in [0.4, 0.5) is 0 Å². The molecule has 0 saturated carbocycles. The first-order chi connectivity index (χ1) is 9.16. The van der Waals surface area contributed by atoms with E-state index in [2.05, 4.69) is 9.97 Å². The molecule has 6 nitrogen and oxygen atoms in total. The van der Waals surface area contributed by atoms with Gasteiger partial charge in [-0.1, -0.05) is 12.1 Å². The number of imidazole rings is 1. The number of amides is 2. The lowest BCUT2D eigenvalue weighted by atomic mass is 10.2. The number of H-pyrrole nitrogens is 1. The molecule has 0 aliphatic carbocycles. The molecule has 1 saturated heterocycles. The zero-order valence-electron chi connectivity index (χ0n) is 10.4. The first-order valence-electron chi connectivity index (χ1n) is 6.04. The van der Waals surface area contributed by atoms with E-state index in [0.717, 1.165) is 11.0 Å². The van der Waals surface area contributed by atoms with Crippen LogP contribution in [-0.4, -0.2) is 39.9 Å². The number of hydrogen-bond donors (Lipinski definition) is 1. The molecule has 0 bridgehead atoms. The highest BCUT2D eigenvalue weighted by Gasteiger charge is 2.32. The molecule has 3 rings (SSSR count). The zero-order chi connectivity index (χ0) is 13.4. The van der Waals surface area contributed by atoms with Gasteiger partial charge in [-0.15, -0.1) is 0 Å². The fourth-order valence-corrected chi connectivity index (χ4v) is 2.23. The monoisotopic (exact) mass is 259 g/mol. The maximum absolute atomic E-state index is 11.8. The van der Waals surface area contributed by atoms with Crippen LogP contribution >= 0.6 is 0 Å². The second-order valence-corrected chi connectivity index (χ2v) is 4.47. The number of rotatable bonds is 2. The topological polar surface area (TPSA) is 75.3 Å². The maximum atomic E-state index is 11.8. The standard InChI is InChI=1S/C13H13N3O3/c1-8(16-11(17)6-19-7-12(16)18)13-14-9-4-2-3-5-10(9)15-13/h2-5,8H,6-7H2,1H3,(H,14,15). The summed E-state index contributed by atoms with van der Waals surface area (Å²) in [6.45, 7) is 1.66. The van der Waals surface area contributed by atoms with Gasteiger partial charge < -0.3 is 9.72 Å².